The third-order valence-corrected chi connectivity index (χ3v) is 4.40. The minimum Gasteiger partial charge on any atom is -0.480 e. The Morgan fingerprint density at radius 3 is 2.30 bits per heavy atom. The van der Waals surface area contributed by atoms with Gasteiger partial charge in [0.15, 0.2) is 0 Å². The van der Waals surface area contributed by atoms with Gasteiger partial charge in [-0.25, -0.2) is 4.79 Å². The fraction of sp³-hybridized carbons (Fsp3) is 0.857. The normalized spacial score (nSPS) is 26.3. The molecule has 0 unspecified atom stereocenters. The SMILES string of the molecule is CCN(CC(=O)O)C1CC(NC(=O)NC2CCCC2)C1. The van der Waals surface area contributed by atoms with E-state index in [0.717, 1.165) is 32.2 Å². The molecular formula is C14H25N3O3. The molecule has 0 aromatic heterocycles. The molecule has 6 heteroatoms. The number of carboxylic acids is 1. The molecule has 6 nitrogen and oxygen atoms in total. The van der Waals surface area contributed by atoms with Crippen LogP contribution in [0.3, 0.4) is 0 Å². The van der Waals surface area contributed by atoms with Crippen molar-refractivity contribution in [1.29, 1.82) is 0 Å². The Labute approximate surface area is 119 Å². The van der Waals surface area contributed by atoms with Crippen LogP contribution in [-0.4, -0.2) is 53.2 Å². The van der Waals surface area contributed by atoms with Gasteiger partial charge in [-0.3, -0.25) is 9.69 Å². The molecule has 0 saturated heterocycles. The second kappa shape index (κ2) is 6.92. The van der Waals surface area contributed by atoms with E-state index in [1.807, 2.05) is 11.8 Å². The number of carbonyl (C=O) groups excluding carboxylic acids is 1. The minimum absolute atomic E-state index is 0.0679. The maximum atomic E-state index is 11.8. The highest BCUT2D eigenvalue weighted by Gasteiger charge is 2.34. The third-order valence-electron chi connectivity index (χ3n) is 4.40. The molecule has 114 valence electrons. The lowest BCUT2D eigenvalue weighted by Crippen LogP contribution is -2.57. The van der Waals surface area contributed by atoms with Crippen molar-refractivity contribution in [3.05, 3.63) is 0 Å². The molecule has 0 aromatic rings. The molecule has 0 bridgehead atoms. The topological polar surface area (TPSA) is 81.7 Å². The fourth-order valence-electron chi connectivity index (χ4n) is 3.16. The summed E-state index contributed by atoms with van der Waals surface area (Å²) < 4.78 is 0. The van der Waals surface area contributed by atoms with E-state index < -0.39 is 5.97 Å². The van der Waals surface area contributed by atoms with Gasteiger partial charge in [-0.2, -0.15) is 0 Å². The molecule has 3 N–H and O–H groups in total. The zero-order valence-electron chi connectivity index (χ0n) is 12.1. The highest BCUT2D eigenvalue weighted by atomic mass is 16.4. The van der Waals surface area contributed by atoms with Gasteiger partial charge in [-0.1, -0.05) is 19.8 Å². The fourth-order valence-corrected chi connectivity index (χ4v) is 3.16. The van der Waals surface area contributed by atoms with Gasteiger partial charge in [0.2, 0.25) is 0 Å². The number of carbonyl (C=O) groups is 2. The van der Waals surface area contributed by atoms with Gasteiger partial charge in [0.05, 0.1) is 6.54 Å². The van der Waals surface area contributed by atoms with Crippen molar-refractivity contribution in [2.24, 2.45) is 0 Å². The van der Waals surface area contributed by atoms with Crippen LogP contribution in [0.25, 0.3) is 0 Å². The molecule has 2 aliphatic carbocycles. The lowest BCUT2D eigenvalue weighted by molar-refractivity contribution is -0.139. The molecule has 0 spiro atoms. The molecular weight excluding hydrogens is 258 g/mol. The van der Waals surface area contributed by atoms with Crippen LogP contribution in [0.15, 0.2) is 0 Å². The standard InChI is InChI=1S/C14H25N3O3/c1-2-17(9-13(18)19)12-7-11(8-12)16-14(20)15-10-5-3-4-6-10/h10-12H,2-9H2,1H3,(H,18,19)(H2,15,16,20). The predicted octanol–water partition coefficient (Wildman–Crippen LogP) is 1.17. The highest BCUT2D eigenvalue weighted by Crippen LogP contribution is 2.25. The molecule has 0 aliphatic heterocycles. The smallest absolute Gasteiger partial charge is 0.317 e. The Hall–Kier alpha value is -1.30. The van der Waals surface area contributed by atoms with Crippen molar-refractivity contribution in [3.8, 4) is 0 Å². The first-order valence-corrected chi connectivity index (χ1v) is 7.61. The van der Waals surface area contributed by atoms with E-state index in [1.165, 1.54) is 12.8 Å². The molecule has 0 aromatic carbocycles. The summed E-state index contributed by atoms with van der Waals surface area (Å²) in [6.07, 6.45) is 6.28. The van der Waals surface area contributed by atoms with Crippen LogP contribution in [-0.2, 0) is 4.79 Å². The van der Waals surface area contributed by atoms with Gasteiger partial charge in [0.1, 0.15) is 0 Å². The number of hydrogen-bond acceptors (Lipinski definition) is 3. The Morgan fingerprint density at radius 1 is 1.15 bits per heavy atom. The van der Waals surface area contributed by atoms with E-state index in [4.69, 9.17) is 5.11 Å². The number of rotatable bonds is 6. The molecule has 2 fully saturated rings. The number of hydrogen-bond donors (Lipinski definition) is 3. The van der Waals surface area contributed by atoms with Crippen LogP contribution in [0.4, 0.5) is 4.79 Å². The van der Waals surface area contributed by atoms with Crippen molar-refractivity contribution in [2.75, 3.05) is 13.1 Å². The Kier molecular flexibility index (Phi) is 5.23. The number of nitrogens with zero attached hydrogens (tertiary/aromatic N) is 1. The van der Waals surface area contributed by atoms with Crippen LogP contribution in [0, 0.1) is 0 Å². The molecule has 0 atom stereocenters. The second-order valence-corrected chi connectivity index (χ2v) is 5.88. The Balaban J connectivity index is 1.65. The number of aliphatic carboxylic acids is 1. The number of amides is 2. The number of nitrogens with one attached hydrogen (secondary N) is 2. The summed E-state index contributed by atoms with van der Waals surface area (Å²) in [5, 5.41) is 14.8. The van der Waals surface area contributed by atoms with E-state index in [9.17, 15) is 9.59 Å². The highest BCUT2D eigenvalue weighted by molar-refractivity contribution is 5.74. The van der Waals surface area contributed by atoms with E-state index in [0.29, 0.717) is 6.04 Å². The third kappa shape index (κ3) is 4.10. The second-order valence-electron chi connectivity index (χ2n) is 5.88. The van der Waals surface area contributed by atoms with E-state index >= 15 is 0 Å². The minimum atomic E-state index is -0.790. The van der Waals surface area contributed by atoms with Gasteiger partial charge in [0, 0.05) is 18.1 Å². The molecule has 2 aliphatic rings. The molecule has 2 saturated carbocycles. The van der Waals surface area contributed by atoms with Crippen molar-refractivity contribution >= 4 is 12.0 Å². The van der Waals surface area contributed by atoms with Crippen molar-refractivity contribution in [1.82, 2.24) is 15.5 Å². The van der Waals surface area contributed by atoms with Gasteiger partial charge in [-0.15, -0.1) is 0 Å². The zero-order valence-corrected chi connectivity index (χ0v) is 12.1. The lowest BCUT2D eigenvalue weighted by Gasteiger charge is -2.42. The molecule has 20 heavy (non-hydrogen) atoms. The van der Waals surface area contributed by atoms with Crippen LogP contribution in [0.5, 0.6) is 0 Å². The maximum absolute atomic E-state index is 11.8. The average molecular weight is 283 g/mol. The predicted molar refractivity (Wildman–Crippen MR) is 75.6 cm³/mol. The first-order chi connectivity index (χ1) is 9.58. The summed E-state index contributed by atoms with van der Waals surface area (Å²) in [5.41, 5.74) is 0. The summed E-state index contributed by atoms with van der Waals surface area (Å²) in [6, 6.07) is 0.740. The molecule has 0 heterocycles. The van der Waals surface area contributed by atoms with Crippen LogP contribution < -0.4 is 10.6 Å². The van der Waals surface area contributed by atoms with Crippen molar-refractivity contribution in [3.63, 3.8) is 0 Å². The van der Waals surface area contributed by atoms with Crippen LogP contribution in [0.2, 0.25) is 0 Å². The van der Waals surface area contributed by atoms with Crippen molar-refractivity contribution < 1.29 is 14.7 Å². The largest absolute Gasteiger partial charge is 0.480 e. The Bertz CT molecular complexity index is 350. The quantitative estimate of drug-likeness (QED) is 0.683. The number of urea groups is 1. The average Bonchev–Trinajstić information content (AvgIpc) is 2.83. The van der Waals surface area contributed by atoms with Gasteiger partial charge in [-0.05, 0) is 32.2 Å². The maximum Gasteiger partial charge on any atom is 0.317 e. The van der Waals surface area contributed by atoms with Crippen LogP contribution in [0.1, 0.15) is 45.4 Å². The Morgan fingerprint density at radius 2 is 1.75 bits per heavy atom. The zero-order chi connectivity index (χ0) is 14.5. The van der Waals surface area contributed by atoms with Gasteiger partial charge < -0.3 is 15.7 Å². The summed E-state index contributed by atoms with van der Waals surface area (Å²) in [4.78, 5) is 24.5. The number of carboxylic acid groups (broad SMARTS) is 1. The summed E-state index contributed by atoms with van der Waals surface area (Å²) in [5.74, 6) is -0.790. The van der Waals surface area contributed by atoms with E-state index in [-0.39, 0.29) is 24.7 Å². The first-order valence-electron chi connectivity index (χ1n) is 7.61. The summed E-state index contributed by atoms with van der Waals surface area (Å²) in [6.45, 7) is 2.79. The first kappa shape index (κ1) is 15.1. The van der Waals surface area contributed by atoms with E-state index in [2.05, 4.69) is 10.6 Å². The summed E-state index contributed by atoms with van der Waals surface area (Å²) in [7, 11) is 0. The van der Waals surface area contributed by atoms with Crippen LogP contribution >= 0.6 is 0 Å². The van der Waals surface area contributed by atoms with E-state index in [1.54, 1.807) is 0 Å². The molecule has 0 radical (unpaired) electrons. The number of likely N-dealkylation sites (N-methyl/N-ethyl adjacent to an activating group) is 1. The van der Waals surface area contributed by atoms with Gasteiger partial charge >= 0.3 is 12.0 Å². The molecule has 2 amide bonds. The van der Waals surface area contributed by atoms with Crippen molar-refractivity contribution in [2.45, 2.75) is 63.6 Å². The lowest BCUT2D eigenvalue weighted by atomic mass is 9.85. The molecule has 2 rings (SSSR count). The summed E-state index contributed by atoms with van der Waals surface area (Å²) >= 11 is 0. The monoisotopic (exact) mass is 283 g/mol. The van der Waals surface area contributed by atoms with Gasteiger partial charge in [0.25, 0.3) is 0 Å².